The van der Waals surface area contributed by atoms with E-state index in [1.54, 1.807) is 30.3 Å². The monoisotopic (exact) mass is 423 g/mol. The smallest absolute Gasteiger partial charge is 0.255 e. The van der Waals surface area contributed by atoms with Crippen molar-refractivity contribution in [2.45, 2.75) is 33.3 Å². The molecule has 0 atom stereocenters. The van der Waals surface area contributed by atoms with Gasteiger partial charge >= 0.3 is 0 Å². The van der Waals surface area contributed by atoms with Gasteiger partial charge in [0.25, 0.3) is 5.91 Å². The van der Waals surface area contributed by atoms with Gasteiger partial charge in [0.1, 0.15) is 18.1 Å². The van der Waals surface area contributed by atoms with Crippen molar-refractivity contribution in [3.05, 3.63) is 88.4 Å². The summed E-state index contributed by atoms with van der Waals surface area (Å²) >= 11 is 6.16. The first-order valence-electron chi connectivity index (χ1n) is 10.0. The van der Waals surface area contributed by atoms with E-state index in [1.165, 1.54) is 0 Å². The van der Waals surface area contributed by atoms with Crippen molar-refractivity contribution in [1.82, 2.24) is 0 Å². The lowest BCUT2D eigenvalue weighted by Gasteiger charge is -2.16. The Hall–Kier alpha value is -2.98. The Balaban J connectivity index is 1.83. The van der Waals surface area contributed by atoms with E-state index in [-0.39, 0.29) is 5.91 Å². The van der Waals surface area contributed by atoms with E-state index in [0.717, 1.165) is 16.9 Å². The summed E-state index contributed by atoms with van der Waals surface area (Å²) in [5, 5.41) is 3.34. The molecule has 0 saturated heterocycles. The fourth-order valence-corrected chi connectivity index (χ4v) is 3.31. The van der Waals surface area contributed by atoms with E-state index >= 15 is 0 Å². The molecule has 30 heavy (non-hydrogen) atoms. The van der Waals surface area contributed by atoms with Gasteiger partial charge in [0.15, 0.2) is 0 Å². The van der Waals surface area contributed by atoms with Gasteiger partial charge in [-0.05, 0) is 54.8 Å². The predicted octanol–water partition coefficient (Wildman–Crippen LogP) is 6.69. The van der Waals surface area contributed by atoms with Gasteiger partial charge in [0.2, 0.25) is 0 Å². The van der Waals surface area contributed by atoms with Gasteiger partial charge in [0, 0.05) is 11.1 Å². The van der Waals surface area contributed by atoms with Crippen molar-refractivity contribution in [1.29, 1.82) is 0 Å². The summed E-state index contributed by atoms with van der Waals surface area (Å²) in [4.78, 5) is 12.8. The highest BCUT2D eigenvalue weighted by Crippen LogP contribution is 2.29. The average molecular weight is 424 g/mol. The zero-order chi connectivity index (χ0) is 21.5. The van der Waals surface area contributed by atoms with Crippen LogP contribution in [0.3, 0.4) is 0 Å². The molecular formula is C25H26ClNO3. The minimum atomic E-state index is -0.241. The van der Waals surface area contributed by atoms with E-state index in [4.69, 9.17) is 21.1 Å². The maximum Gasteiger partial charge on any atom is 0.255 e. The second-order valence-electron chi connectivity index (χ2n) is 7.17. The van der Waals surface area contributed by atoms with Crippen LogP contribution in [0.25, 0.3) is 0 Å². The quantitative estimate of drug-likeness (QED) is 0.438. The molecule has 1 N–H and O–H groups in total. The first-order chi connectivity index (χ1) is 14.5. The molecule has 0 spiro atoms. The number of hydrogen-bond acceptors (Lipinski definition) is 3. The Morgan fingerprint density at radius 3 is 2.43 bits per heavy atom. The predicted molar refractivity (Wildman–Crippen MR) is 122 cm³/mol. The highest BCUT2D eigenvalue weighted by atomic mass is 35.5. The molecule has 0 aliphatic carbocycles. The molecule has 0 radical (unpaired) electrons. The lowest BCUT2D eigenvalue weighted by atomic mass is 10.0. The van der Waals surface area contributed by atoms with Gasteiger partial charge in [0.05, 0.1) is 17.3 Å². The molecule has 3 rings (SSSR count). The summed E-state index contributed by atoms with van der Waals surface area (Å²) in [7, 11) is 0. The van der Waals surface area contributed by atoms with Crippen molar-refractivity contribution < 1.29 is 14.3 Å². The number of anilines is 1. The van der Waals surface area contributed by atoms with Crippen LogP contribution in [0, 0.1) is 0 Å². The van der Waals surface area contributed by atoms with Crippen LogP contribution < -0.4 is 14.8 Å². The second kappa shape index (κ2) is 10.2. The fraction of sp³-hybridized carbons (Fsp3) is 0.240. The minimum absolute atomic E-state index is 0.241. The number of amides is 1. The third-order valence-electron chi connectivity index (χ3n) is 4.67. The van der Waals surface area contributed by atoms with E-state index in [1.807, 2.05) is 37.3 Å². The number of carbonyl (C=O) groups is 1. The highest BCUT2D eigenvalue weighted by Gasteiger charge is 2.14. The van der Waals surface area contributed by atoms with Crippen molar-refractivity contribution in [3.8, 4) is 11.5 Å². The highest BCUT2D eigenvalue weighted by molar-refractivity contribution is 6.33. The molecule has 1 amide bonds. The Bertz CT molecular complexity index is 1020. The summed E-state index contributed by atoms with van der Waals surface area (Å²) in [5.74, 6) is 1.64. The maximum absolute atomic E-state index is 12.8. The molecule has 0 bridgehead atoms. The van der Waals surface area contributed by atoms with Crippen LogP contribution in [0.1, 0.15) is 48.2 Å². The number of ether oxygens (including phenoxy) is 2. The average Bonchev–Trinajstić information content (AvgIpc) is 2.75. The molecule has 156 valence electrons. The Morgan fingerprint density at radius 2 is 1.70 bits per heavy atom. The van der Waals surface area contributed by atoms with Crippen LogP contribution in [0.15, 0.2) is 66.7 Å². The van der Waals surface area contributed by atoms with E-state index < -0.39 is 0 Å². The van der Waals surface area contributed by atoms with Gasteiger partial charge in [-0.2, -0.15) is 0 Å². The van der Waals surface area contributed by atoms with Crippen LogP contribution in [0.2, 0.25) is 5.02 Å². The topological polar surface area (TPSA) is 47.6 Å². The molecule has 0 unspecified atom stereocenters. The summed E-state index contributed by atoms with van der Waals surface area (Å²) in [6.07, 6.45) is 0. The molecule has 0 aliphatic heterocycles. The van der Waals surface area contributed by atoms with E-state index in [2.05, 4.69) is 25.2 Å². The number of para-hydroxylation sites is 2. The Kier molecular flexibility index (Phi) is 7.36. The molecule has 0 heterocycles. The Morgan fingerprint density at radius 1 is 0.967 bits per heavy atom. The van der Waals surface area contributed by atoms with Crippen LogP contribution >= 0.6 is 11.6 Å². The number of nitrogens with one attached hydrogen (secondary N) is 1. The molecular weight excluding hydrogens is 398 g/mol. The standard InChI is InChI=1S/C25H26ClNO3/c1-4-29-23-14-13-18(25(28)27-22-11-7-6-10-21(22)26)15-19(23)16-30-24-12-8-5-9-20(24)17(2)3/h5-15,17H,4,16H2,1-3H3,(H,27,28). The van der Waals surface area contributed by atoms with Crippen LogP contribution in [0.4, 0.5) is 5.69 Å². The number of rotatable bonds is 8. The van der Waals surface area contributed by atoms with Gasteiger partial charge < -0.3 is 14.8 Å². The van der Waals surface area contributed by atoms with Crippen molar-refractivity contribution in [2.75, 3.05) is 11.9 Å². The zero-order valence-corrected chi connectivity index (χ0v) is 18.2. The zero-order valence-electron chi connectivity index (χ0n) is 17.4. The third-order valence-corrected chi connectivity index (χ3v) is 5.00. The normalized spacial score (nSPS) is 10.7. The Labute approximate surface area is 182 Å². The lowest BCUT2D eigenvalue weighted by molar-refractivity contribution is 0.102. The van der Waals surface area contributed by atoms with Gasteiger partial charge in [-0.3, -0.25) is 4.79 Å². The maximum atomic E-state index is 12.8. The largest absolute Gasteiger partial charge is 0.493 e. The lowest BCUT2D eigenvalue weighted by Crippen LogP contribution is -2.13. The molecule has 5 heteroatoms. The summed E-state index contributed by atoms with van der Waals surface area (Å²) in [6.45, 7) is 7.02. The van der Waals surface area contributed by atoms with Gasteiger partial charge in [-0.1, -0.05) is 55.8 Å². The fourth-order valence-electron chi connectivity index (χ4n) is 3.13. The third kappa shape index (κ3) is 5.33. The summed E-state index contributed by atoms with van der Waals surface area (Å²) in [5.41, 5.74) is 3.03. The molecule has 4 nitrogen and oxygen atoms in total. The summed E-state index contributed by atoms with van der Waals surface area (Å²) < 4.78 is 11.9. The first-order valence-corrected chi connectivity index (χ1v) is 10.4. The minimum Gasteiger partial charge on any atom is -0.493 e. The van der Waals surface area contributed by atoms with Gasteiger partial charge in [-0.15, -0.1) is 0 Å². The molecule has 3 aromatic carbocycles. The number of hydrogen-bond donors (Lipinski definition) is 1. The van der Waals surface area contributed by atoms with E-state index in [0.29, 0.717) is 41.2 Å². The SMILES string of the molecule is CCOc1ccc(C(=O)Nc2ccccc2Cl)cc1COc1ccccc1C(C)C. The summed E-state index contributed by atoms with van der Waals surface area (Å²) in [6, 6.07) is 20.5. The van der Waals surface area contributed by atoms with Crippen LogP contribution in [-0.2, 0) is 6.61 Å². The first kappa shape index (κ1) is 21.7. The van der Waals surface area contributed by atoms with E-state index in [9.17, 15) is 4.79 Å². The van der Waals surface area contributed by atoms with Crippen molar-refractivity contribution in [3.63, 3.8) is 0 Å². The van der Waals surface area contributed by atoms with Crippen molar-refractivity contribution >= 4 is 23.2 Å². The van der Waals surface area contributed by atoms with Crippen LogP contribution in [0.5, 0.6) is 11.5 Å². The molecule has 0 aromatic heterocycles. The molecule has 0 fully saturated rings. The number of benzene rings is 3. The molecule has 0 aliphatic rings. The van der Waals surface area contributed by atoms with Crippen molar-refractivity contribution in [2.24, 2.45) is 0 Å². The molecule has 3 aromatic rings. The van der Waals surface area contributed by atoms with Gasteiger partial charge in [-0.25, -0.2) is 0 Å². The molecule has 0 saturated carbocycles. The number of carbonyl (C=O) groups excluding carboxylic acids is 1. The second-order valence-corrected chi connectivity index (χ2v) is 7.58. The van der Waals surface area contributed by atoms with Crippen LogP contribution in [-0.4, -0.2) is 12.5 Å². The number of halogens is 1.